The van der Waals surface area contributed by atoms with Crippen molar-refractivity contribution in [2.45, 2.75) is 96.8 Å². The number of carbonyl (C=O) groups is 1. The molecule has 0 bridgehead atoms. The van der Waals surface area contributed by atoms with E-state index in [-0.39, 0.29) is 23.4 Å². The van der Waals surface area contributed by atoms with Gasteiger partial charge in [-0.15, -0.1) is 0 Å². The number of hydrogen-bond donors (Lipinski definition) is 3. The number of aromatic nitrogens is 2. The predicted octanol–water partition coefficient (Wildman–Crippen LogP) is 3.87. The van der Waals surface area contributed by atoms with Crippen LogP contribution in [0.15, 0.2) is 41.2 Å². The summed E-state index contributed by atoms with van der Waals surface area (Å²) in [5.74, 6) is 0.228. The van der Waals surface area contributed by atoms with E-state index in [1.54, 1.807) is 11.5 Å². The van der Waals surface area contributed by atoms with Crippen molar-refractivity contribution in [1.82, 2.24) is 14.9 Å². The van der Waals surface area contributed by atoms with E-state index >= 15 is 0 Å². The number of amides is 1. The summed E-state index contributed by atoms with van der Waals surface area (Å²) in [6.07, 6.45) is 4.04. The summed E-state index contributed by atoms with van der Waals surface area (Å²) in [7, 11) is 0. The first-order valence-electron chi connectivity index (χ1n) is 13.3. The summed E-state index contributed by atoms with van der Waals surface area (Å²) in [6, 6.07) is 12.0. The smallest absolute Gasteiger partial charge is 0.347 e. The number of aliphatic hydroxyl groups is 2. The molecule has 2 aromatic rings. The number of benzene rings is 1. The van der Waals surface area contributed by atoms with Crippen LogP contribution in [0.2, 0.25) is 0 Å². The molecule has 1 aliphatic carbocycles. The summed E-state index contributed by atoms with van der Waals surface area (Å²) in [6.45, 7) is 8.55. The molecular weight excluding hydrogens is 454 g/mol. The molecular formula is C29H43N3O4. The Morgan fingerprint density at radius 2 is 1.92 bits per heavy atom. The molecule has 3 rings (SSSR count). The van der Waals surface area contributed by atoms with E-state index in [1.165, 1.54) is 0 Å². The van der Waals surface area contributed by atoms with Gasteiger partial charge in [-0.1, -0.05) is 43.7 Å². The Balaban J connectivity index is 1.61. The van der Waals surface area contributed by atoms with E-state index < -0.39 is 11.7 Å². The molecule has 1 fully saturated rings. The minimum atomic E-state index is -0.984. The van der Waals surface area contributed by atoms with Crippen LogP contribution in [0.3, 0.4) is 0 Å². The van der Waals surface area contributed by atoms with E-state index in [0.717, 1.165) is 30.5 Å². The van der Waals surface area contributed by atoms with Crippen molar-refractivity contribution < 1.29 is 15.0 Å². The molecule has 1 amide bonds. The van der Waals surface area contributed by atoms with Crippen LogP contribution in [0.4, 0.5) is 0 Å². The van der Waals surface area contributed by atoms with Gasteiger partial charge < -0.3 is 15.5 Å². The quantitative estimate of drug-likeness (QED) is 0.539. The van der Waals surface area contributed by atoms with E-state index in [9.17, 15) is 19.8 Å². The van der Waals surface area contributed by atoms with E-state index in [0.29, 0.717) is 50.4 Å². The van der Waals surface area contributed by atoms with Crippen molar-refractivity contribution in [3.63, 3.8) is 0 Å². The minimum Gasteiger partial charge on any atom is -0.393 e. The third-order valence-corrected chi connectivity index (χ3v) is 7.73. The number of nitrogens with zero attached hydrogens (tertiary/aromatic N) is 2. The van der Waals surface area contributed by atoms with Crippen LogP contribution >= 0.6 is 0 Å². The van der Waals surface area contributed by atoms with Crippen LogP contribution in [-0.4, -0.2) is 43.9 Å². The summed E-state index contributed by atoms with van der Waals surface area (Å²) in [5.41, 5.74) is 1.41. The van der Waals surface area contributed by atoms with Gasteiger partial charge in [0.1, 0.15) is 0 Å². The van der Waals surface area contributed by atoms with Gasteiger partial charge in [-0.25, -0.2) is 4.79 Å². The van der Waals surface area contributed by atoms with Gasteiger partial charge in [0.15, 0.2) is 0 Å². The van der Waals surface area contributed by atoms with Crippen molar-refractivity contribution in [2.75, 3.05) is 6.54 Å². The fraction of sp³-hybridized carbons (Fsp3) is 0.621. The summed E-state index contributed by atoms with van der Waals surface area (Å²) in [4.78, 5) is 28.8. The predicted molar refractivity (Wildman–Crippen MR) is 142 cm³/mol. The highest BCUT2D eigenvalue weighted by molar-refractivity contribution is 5.75. The Morgan fingerprint density at radius 3 is 2.61 bits per heavy atom. The molecule has 5 atom stereocenters. The molecule has 36 heavy (non-hydrogen) atoms. The van der Waals surface area contributed by atoms with Gasteiger partial charge in [0.2, 0.25) is 5.91 Å². The topological polar surface area (TPSA) is 104 Å². The van der Waals surface area contributed by atoms with E-state index in [2.05, 4.69) is 29.4 Å². The van der Waals surface area contributed by atoms with Crippen LogP contribution < -0.4 is 11.0 Å². The minimum absolute atomic E-state index is 0.0457. The lowest BCUT2D eigenvalue weighted by Crippen LogP contribution is -2.44. The standard InChI is InChI=1S/C29H43N3O4/c1-20-12-13-25(19-30-27(34)11-8-14-32-22(3)16-21(2)31-28(32)35)29(4,36)18-24(17-26(33)15-20)23-9-6-5-7-10-23/h5-7,9-10,16,20,24-26,33,36H,8,11-15,17-19H2,1-4H3,(H,30,34)/t20-,24-,25+,26+,29-/m1/s1. The molecule has 0 radical (unpaired) electrons. The number of aryl methyl sites for hydroxylation is 2. The lowest BCUT2D eigenvalue weighted by molar-refractivity contribution is -0.122. The van der Waals surface area contributed by atoms with Crippen molar-refractivity contribution in [3.8, 4) is 0 Å². The molecule has 1 saturated carbocycles. The molecule has 198 valence electrons. The molecule has 0 spiro atoms. The maximum Gasteiger partial charge on any atom is 0.347 e. The average Bonchev–Trinajstić information content (AvgIpc) is 2.80. The number of hydrogen-bond acceptors (Lipinski definition) is 5. The monoisotopic (exact) mass is 497 g/mol. The maximum atomic E-state index is 12.7. The largest absolute Gasteiger partial charge is 0.393 e. The lowest BCUT2D eigenvalue weighted by Gasteiger charge is -2.38. The number of rotatable bonds is 7. The average molecular weight is 498 g/mol. The van der Waals surface area contributed by atoms with Gasteiger partial charge in [0, 0.05) is 36.8 Å². The second-order valence-electron chi connectivity index (χ2n) is 11.1. The molecule has 7 heteroatoms. The normalized spacial score (nSPS) is 27.4. The van der Waals surface area contributed by atoms with Gasteiger partial charge in [-0.2, -0.15) is 4.98 Å². The zero-order valence-electron chi connectivity index (χ0n) is 22.2. The Hall–Kier alpha value is -2.51. The summed E-state index contributed by atoms with van der Waals surface area (Å²) >= 11 is 0. The van der Waals surface area contributed by atoms with E-state index in [4.69, 9.17) is 0 Å². The van der Waals surface area contributed by atoms with Crippen molar-refractivity contribution in [1.29, 1.82) is 0 Å². The third kappa shape index (κ3) is 8.00. The lowest BCUT2D eigenvalue weighted by atomic mass is 9.73. The maximum absolute atomic E-state index is 12.7. The number of aliphatic hydroxyl groups excluding tert-OH is 1. The molecule has 1 aromatic heterocycles. The van der Waals surface area contributed by atoms with Gasteiger partial charge in [0.05, 0.1) is 11.7 Å². The summed E-state index contributed by atoms with van der Waals surface area (Å²) < 4.78 is 1.60. The molecule has 1 heterocycles. The third-order valence-electron chi connectivity index (χ3n) is 7.73. The Morgan fingerprint density at radius 1 is 1.19 bits per heavy atom. The number of carbonyl (C=O) groups excluding carboxylic acids is 1. The first-order chi connectivity index (χ1) is 17.0. The first kappa shape index (κ1) is 28.1. The molecule has 1 aromatic carbocycles. The van der Waals surface area contributed by atoms with Crippen molar-refractivity contribution in [3.05, 3.63) is 63.8 Å². The van der Waals surface area contributed by atoms with Crippen LogP contribution in [0.1, 0.15) is 81.7 Å². The summed E-state index contributed by atoms with van der Waals surface area (Å²) in [5, 5.41) is 25.3. The van der Waals surface area contributed by atoms with Gasteiger partial charge in [0.25, 0.3) is 0 Å². The second-order valence-corrected chi connectivity index (χ2v) is 11.1. The Bertz CT molecular complexity index is 1050. The zero-order chi connectivity index (χ0) is 26.3. The SMILES string of the molecule is Cc1cc(C)n(CCCC(=O)NC[C@@H]2CC[C@@H](C)C[C@H](O)C[C@@H](c3ccccc3)C[C@@]2(C)O)c(=O)n1. The van der Waals surface area contributed by atoms with Crippen LogP contribution in [0, 0.1) is 25.7 Å². The fourth-order valence-corrected chi connectivity index (χ4v) is 5.62. The van der Waals surface area contributed by atoms with Gasteiger partial charge in [-0.3, -0.25) is 9.36 Å². The highest BCUT2D eigenvalue weighted by atomic mass is 16.3. The van der Waals surface area contributed by atoms with E-state index in [1.807, 2.05) is 38.1 Å². The fourth-order valence-electron chi connectivity index (χ4n) is 5.62. The first-order valence-corrected chi connectivity index (χ1v) is 13.3. The molecule has 0 saturated heterocycles. The van der Waals surface area contributed by atoms with Crippen LogP contribution in [0.5, 0.6) is 0 Å². The van der Waals surface area contributed by atoms with Crippen LogP contribution in [0.25, 0.3) is 0 Å². The highest BCUT2D eigenvalue weighted by Gasteiger charge is 2.36. The van der Waals surface area contributed by atoms with Gasteiger partial charge >= 0.3 is 5.69 Å². The van der Waals surface area contributed by atoms with Gasteiger partial charge in [-0.05, 0) is 76.3 Å². The second kappa shape index (κ2) is 12.6. The molecule has 0 unspecified atom stereocenters. The zero-order valence-corrected chi connectivity index (χ0v) is 22.2. The molecule has 7 nitrogen and oxygen atoms in total. The van der Waals surface area contributed by atoms with Crippen molar-refractivity contribution >= 4 is 5.91 Å². The Kier molecular flexibility index (Phi) is 9.85. The van der Waals surface area contributed by atoms with Crippen LogP contribution in [-0.2, 0) is 11.3 Å². The molecule has 3 N–H and O–H groups in total. The Labute approximate surface area is 215 Å². The highest BCUT2D eigenvalue weighted by Crippen LogP contribution is 2.38. The molecule has 0 aliphatic heterocycles. The van der Waals surface area contributed by atoms with Crippen molar-refractivity contribution in [2.24, 2.45) is 11.8 Å². The molecule has 1 aliphatic rings. The number of nitrogens with one attached hydrogen (secondary N) is 1.